The molecule has 6 heteroatoms. The van der Waals surface area contributed by atoms with E-state index in [9.17, 15) is 9.59 Å². The lowest BCUT2D eigenvalue weighted by molar-refractivity contribution is 0.0660. The number of ketones is 1. The highest BCUT2D eigenvalue weighted by Gasteiger charge is 2.18. The number of carboxylic acids is 1. The second kappa shape index (κ2) is 5.07. The summed E-state index contributed by atoms with van der Waals surface area (Å²) in [6, 6.07) is 7.68. The molecule has 1 N–H and O–H groups in total. The molecule has 0 amide bonds. The molecule has 0 spiro atoms. The van der Waals surface area contributed by atoms with Gasteiger partial charge in [-0.2, -0.15) is 0 Å². The van der Waals surface area contributed by atoms with E-state index in [1.807, 2.05) is 0 Å². The molecule has 0 fully saturated rings. The molecule has 0 atom stereocenters. The quantitative estimate of drug-likeness (QED) is 0.832. The Morgan fingerprint density at radius 2 is 1.72 bits per heavy atom. The van der Waals surface area contributed by atoms with Gasteiger partial charge in [0.2, 0.25) is 11.5 Å². The van der Waals surface area contributed by atoms with Crippen LogP contribution in [0.25, 0.3) is 0 Å². The number of carbonyl (C=O) groups is 2. The highest BCUT2D eigenvalue weighted by atomic mass is 79.9. The normalized spacial score (nSPS) is 10.3. The van der Waals surface area contributed by atoms with Crippen molar-refractivity contribution in [2.45, 2.75) is 0 Å². The number of halogens is 2. The van der Waals surface area contributed by atoms with E-state index < -0.39 is 5.97 Å². The van der Waals surface area contributed by atoms with Gasteiger partial charge in [0, 0.05) is 14.5 Å². The Hall–Kier alpha value is -1.40. The zero-order chi connectivity index (χ0) is 13.3. The molecule has 1 heterocycles. The van der Waals surface area contributed by atoms with Crippen LogP contribution in [0.15, 0.2) is 43.7 Å². The van der Waals surface area contributed by atoms with Crippen molar-refractivity contribution in [1.82, 2.24) is 0 Å². The number of benzene rings is 1. The Balaban J connectivity index is 2.38. The average molecular weight is 374 g/mol. The molecule has 1 aromatic carbocycles. The molecular weight excluding hydrogens is 368 g/mol. The molecule has 2 rings (SSSR count). The fourth-order valence-corrected chi connectivity index (χ4v) is 2.61. The Labute approximate surface area is 119 Å². The first-order chi connectivity index (χ1) is 8.49. The van der Waals surface area contributed by atoms with Crippen LogP contribution >= 0.6 is 31.9 Å². The number of rotatable bonds is 3. The van der Waals surface area contributed by atoms with Crippen LogP contribution < -0.4 is 0 Å². The fourth-order valence-electron chi connectivity index (χ4n) is 1.38. The Bertz CT molecular complexity index is 631. The van der Waals surface area contributed by atoms with Gasteiger partial charge < -0.3 is 9.52 Å². The van der Waals surface area contributed by atoms with Crippen molar-refractivity contribution >= 4 is 43.6 Å². The van der Waals surface area contributed by atoms with Crippen LogP contribution in [0.1, 0.15) is 26.7 Å². The molecule has 0 bridgehead atoms. The molecule has 2 aromatic rings. The van der Waals surface area contributed by atoms with Gasteiger partial charge in [-0.15, -0.1) is 0 Å². The molecule has 0 radical (unpaired) electrons. The van der Waals surface area contributed by atoms with Gasteiger partial charge in [0.1, 0.15) is 0 Å². The zero-order valence-electron chi connectivity index (χ0n) is 8.81. The van der Waals surface area contributed by atoms with E-state index in [1.54, 1.807) is 18.2 Å². The molecule has 18 heavy (non-hydrogen) atoms. The van der Waals surface area contributed by atoms with Gasteiger partial charge >= 0.3 is 5.97 Å². The molecule has 0 unspecified atom stereocenters. The summed E-state index contributed by atoms with van der Waals surface area (Å²) in [5.74, 6) is -1.84. The summed E-state index contributed by atoms with van der Waals surface area (Å²) in [4.78, 5) is 22.7. The van der Waals surface area contributed by atoms with Crippen molar-refractivity contribution in [1.29, 1.82) is 0 Å². The molecule has 0 saturated heterocycles. The topological polar surface area (TPSA) is 67.5 Å². The number of carbonyl (C=O) groups excluding carboxylic acids is 1. The number of hydrogen-bond donors (Lipinski definition) is 1. The van der Waals surface area contributed by atoms with Gasteiger partial charge in [-0.05, 0) is 46.3 Å². The van der Waals surface area contributed by atoms with Crippen molar-refractivity contribution in [2.24, 2.45) is 0 Å². The molecule has 4 nitrogen and oxygen atoms in total. The van der Waals surface area contributed by atoms with Crippen molar-refractivity contribution in [2.75, 3.05) is 0 Å². The maximum Gasteiger partial charge on any atom is 0.371 e. The second-order valence-electron chi connectivity index (χ2n) is 3.42. The summed E-state index contributed by atoms with van der Waals surface area (Å²) in [7, 11) is 0. The number of carboxylic acid groups (broad SMARTS) is 1. The lowest BCUT2D eigenvalue weighted by Gasteiger charge is -2.01. The minimum Gasteiger partial charge on any atom is -0.475 e. The SMILES string of the molecule is O=C(O)c1ccc(C(=O)c2ccc(Br)cc2Br)o1. The van der Waals surface area contributed by atoms with Crippen molar-refractivity contribution in [3.63, 3.8) is 0 Å². The van der Waals surface area contributed by atoms with E-state index in [4.69, 9.17) is 9.52 Å². The van der Waals surface area contributed by atoms with E-state index in [0.29, 0.717) is 10.0 Å². The van der Waals surface area contributed by atoms with Crippen LogP contribution in [-0.4, -0.2) is 16.9 Å². The third kappa shape index (κ3) is 2.54. The first-order valence-electron chi connectivity index (χ1n) is 4.82. The first kappa shape index (κ1) is 13.0. The largest absolute Gasteiger partial charge is 0.475 e. The molecule has 0 aliphatic heterocycles. The minimum atomic E-state index is -1.20. The molecule has 0 saturated carbocycles. The van der Waals surface area contributed by atoms with E-state index in [-0.39, 0.29) is 17.3 Å². The number of furan rings is 1. The maximum atomic E-state index is 12.1. The minimum absolute atomic E-state index is 0.00424. The van der Waals surface area contributed by atoms with E-state index >= 15 is 0 Å². The van der Waals surface area contributed by atoms with Crippen molar-refractivity contribution in [3.8, 4) is 0 Å². The summed E-state index contributed by atoms with van der Waals surface area (Å²) >= 11 is 6.55. The fraction of sp³-hybridized carbons (Fsp3) is 0. The van der Waals surface area contributed by atoms with Crippen molar-refractivity contribution < 1.29 is 19.1 Å². The monoisotopic (exact) mass is 372 g/mol. The smallest absolute Gasteiger partial charge is 0.371 e. The van der Waals surface area contributed by atoms with Gasteiger partial charge in [-0.25, -0.2) is 4.79 Å². The Kier molecular flexibility index (Phi) is 3.68. The van der Waals surface area contributed by atoms with Gasteiger partial charge in [0.05, 0.1) is 0 Å². The first-order valence-corrected chi connectivity index (χ1v) is 6.40. The Morgan fingerprint density at radius 3 is 2.28 bits per heavy atom. The van der Waals surface area contributed by atoms with Crippen LogP contribution in [0.3, 0.4) is 0 Å². The van der Waals surface area contributed by atoms with Gasteiger partial charge in [0.25, 0.3) is 0 Å². The van der Waals surface area contributed by atoms with Crippen LogP contribution in [-0.2, 0) is 0 Å². The third-order valence-electron chi connectivity index (χ3n) is 2.22. The van der Waals surface area contributed by atoms with E-state index in [1.165, 1.54) is 12.1 Å². The molecule has 1 aromatic heterocycles. The van der Waals surface area contributed by atoms with E-state index in [2.05, 4.69) is 31.9 Å². The molecular formula is C12H6Br2O4. The molecule has 92 valence electrons. The second-order valence-corrected chi connectivity index (χ2v) is 5.19. The lowest BCUT2D eigenvalue weighted by atomic mass is 10.1. The summed E-state index contributed by atoms with van der Waals surface area (Å²) in [6.45, 7) is 0. The van der Waals surface area contributed by atoms with Gasteiger partial charge in [-0.1, -0.05) is 15.9 Å². The summed E-state index contributed by atoms with van der Waals surface area (Å²) in [5.41, 5.74) is 0.407. The van der Waals surface area contributed by atoms with Crippen LogP contribution in [0.4, 0.5) is 0 Å². The zero-order valence-corrected chi connectivity index (χ0v) is 12.0. The average Bonchev–Trinajstić information content (AvgIpc) is 2.77. The lowest BCUT2D eigenvalue weighted by Crippen LogP contribution is -2.01. The highest BCUT2D eigenvalue weighted by molar-refractivity contribution is 9.11. The number of hydrogen-bond acceptors (Lipinski definition) is 3. The maximum absolute atomic E-state index is 12.1. The standard InChI is InChI=1S/C12H6Br2O4/c13-6-1-2-7(8(14)5-6)11(15)9-3-4-10(18-9)12(16)17/h1-5H,(H,16,17). The van der Waals surface area contributed by atoms with Gasteiger partial charge in [-0.3, -0.25) is 4.79 Å². The van der Waals surface area contributed by atoms with Crippen LogP contribution in [0.2, 0.25) is 0 Å². The van der Waals surface area contributed by atoms with Crippen LogP contribution in [0.5, 0.6) is 0 Å². The van der Waals surface area contributed by atoms with Crippen LogP contribution in [0, 0.1) is 0 Å². The van der Waals surface area contributed by atoms with Gasteiger partial charge in [0.15, 0.2) is 5.76 Å². The molecule has 0 aliphatic carbocycles. The third-order valence-corrected chi connectivity index (χ3v) is 3.37. The summed E-state index contributed by atoms with van der Waals surface area (Å²) in [6.07, 6.45) is 0. The van der Waals surface area contributed by atoms with Crippen molar-refractivity contribution in [3.05, 3.63) is 56.4 Å². The predicted octanol–water partition coefficient (Wildman–Crippen LogP) is 3.73. The van der Waals surface area contributed by atoms with E-state index in [0.717, 1.165) is 4.47 Å². The molecule has 0 aliphatic rings. The summed E-state index contributed by atoms with van der Waals surface area (Å²) < 4.78 is 6.40. The number of aromatic carboxylic acids is 1. The summed E-state index contributed by atoms with van der Waals surface area (Å²) in [5, 5.41) is 8.72. The Morgan fingerprint density at radius 1 is 1.06 bits per heavy atom. The highest BCUT2D eigenvalue weighted by Crippen LogP contribution is 2.24. The predicted molar refractivity (Wildman–Crippen MR) is 70.9 cm³/mol.